The zero-order valence-corrected chi connectivity index (χ0v) is 10.5. The first kappa shape index (κ1) is 12.9. The first-order valence-corrected chi connectivity index (χ1v) is 6.33. The number of rotatable bonds is 5. The molecule has 2 atom stereocenters. The van der Waals surface area contributed by atoms with Crippen molar-refractivity contribution in [3.8, 4) is 0 Å². The molecule has 1 saturated heterocycles. The highest BCUT2D eigenvalue weighted by molar-refractivity contribution is 4.75. The molecule has 1 aliphatic rings. The molecule has 1 rings (SSSR count). The molecule has 3 heteroatoms. The van der Waals surface area contributed by atoms with Gasteiger partial charge in [0.2, 0.25) is 0 Å². The summed E-state index contributed by atoms with van der Waals surface area (Å²) in [5.74, 6) is 0. The van der Waals surface area contributed by atoms with Gasteiger partial charge in [-0.15, -0.1) is 0 Å². The predicted molar refractivity (Wildman–Crippen MR) is 64.2 cm³/mol. The van der Waals surface area contributed by atoms with Crippen molar-refractivity contribution in [2.24, 2.45) is 0 Å². The number of nitrogens with one attached hydrogen (secondary N) is 1. The van der Waals surface area contributed by atoms with Crippen molar-refractivity contribution in [3.63, 3.8) is 0 Å². The summed E-state index contributed by atoms with van der Waals surface area (Å²) in [6.45, 7) is 11.9. The SMILES string of the molecule is CCOC(C)CN1CCNC(CC)CC1. The summed E-state index contributed by atoms with van der Waals surface area (Å²) in [4.78, 5) is 2.52. The summed E-state index contributed by atoms with van der Waals surface area (Å²) >= 11 is 0. The molecule has 3 nitrogen and oxygen atoms in total. The molecule has 1 fully saturated rings. The Labute approximate surface area is 94.2 Å². The van der Waals surface area contributed by atoms with Gasteiger partial charge in [-0.3, -0.25) is 4.90 Å². The van der Waals surface area contributed by atoms with Crippen LogP contribution >= 0.6 is 0 Å². The quantitative estimate of drug-likeness (QED) is 0.750. The highest BCUT2D eigenvalue weighted by Crippen LogP contribution is 2.06. The van der Waals surface area contributed by atoms with Gasteiger partial charge in [0.05, 0.1) is 6.10 Å². The van der Waals surface area contributed by atoms with E-state index in [-0.39, 0.29) is 0 Å². The van der Waals surface area contributed by atoms with Crippen LogP contribution in [0, 0.1) is 0 Å². The third kappa shape index (κ3) is 4.96. The van der Waals surface area contributed by atoms with Gasteiger partial charge in [0.1, 0.15) is 0 Å². The number of ether oxygens (including phenoxy) is 1. The van der Waals surface area contributed by atoms with Crippen molar-refractivity contribution in [3.05, 3.63) is 0 Å². The zero-order valence-electron chi connectivity index (χ0n) is 10.5. The molecule has 15 heavy (non-hydrogen) atoms. The number of hydrogen-bond acceptors (Lipinski definition) is 3. The van der Waals surface area contributed by atoms with Crippen LogP contribution in [0.2, 0.25) is 0 Å². The lowest BCUT2D eigenvalue weighted by Crippen LogP contribution is -2.35. The van der Waals surface area contributed by atoms with Gasteiger partial charge >= 0.3 is 0 Å². The Morgan fingerprint density at radius 3 is 2.87 bits per heavy atom. The largest absolute Gasteiger partial charge is 0.377 e. The normalized spacial score (nSPS) is 26.2. The molecule has 0 aromatic heterocycles. The molecule has 0 saturated carbocycles. The molecular weight excluding hydrogens is 188 g/mol. The molecule has 0 aromatic carbocycles. The number of nitrogens with zero attached hydrogens (tertiary/aromatic N) is 1. The Morgan fingerprint density at radius 1 is 1.40 bits per heavy atom. The summed E-state index contributed by atoms with van der Waals surface area (Å²) < 4.78 is 5.58. The average Bonchev–Trinajstić information content (AvgIpc) is 2.43. The van der Waals surface area contributed by atoms with Crippen molar-refractivity contribution in [1.82, 2.24) is 10.2 Å². The molecule has 0 aliphatic carbocycles. The minimum absolute atomic E-state index is 0.369. The second-order valence-corrected chi connectivity index (χ2v) is 4.41. The van der Waals surface area contributed by atoms with Crippen LogP contribution in [0.1, 0.15) is 33.6 Å². The molecule has 1 heterocycles. The monoisotopic (exact) mass is 214 g/mol. The molecule has 1 N–H and O–H groups in total. The van der Waals surface area contributed by atoms with E-state index in [1.165, 1.54) is 19.4 Å². The Morgan fingerprint density at radius 2 is 2.20 bits per heavy atom. The van der Waals surface area contributed by atoms with E-state index in [0.29, 0.717) is 6.10 Å². The van der Waals surface area contributed by atoms with Crippen molar-refractivity contribution >= 4 is 0 Å². The lowest BCUT2D eigenvalue weighted by molar-refractivity contribution is 0.0471. The smallest absolute Gasteiger partial charge is 0.0673 e. The van der Waals surface area contributed by atoms with E-state index in [1.54, 1.807) is 0 Å². The van der Waals surface area contributed by atoms with Crippen LogP contribution in [-0.2, 0) is 4.74 Å². The Balaban J connectivity index is 2.24. The van der Waals surface area contributed by atoms with E-state index in [1.807, 2.05) is 0 Å². The van der Waals surface area contributed by atoms with Gasteiger partial charge in [-0.25, -0.2) is 0 Å². The van der Waals surface area contributed by atoms with Crippen LogP contribution in [0.5, 0.6) is 0 Å². The molecule has 90 valence electrons. The van der Waals surface area contributed by atoms with Crippen LogP contribution in [0.25, 0.3) is 0 Å². The molecule has 0 bridgehead atoms. The lowest BCUT2D eigenvalue weighted by atomic mass is 10.1. The van der Waals surface area contributed by atoms with Gasteiger partial charge < -0.3 is 10.1 Å². The predicted octanol–water partition coefficient (Wildman–Crippen LogP) is 1.49. The van der Waals surface area contributed by atoms with Crippen LogP contribution in [0.4, 0.5) is 0 Å². The van der Waals surface area contributed by atoms with Gasteiger partial charge in [0.25, 0.3) is 0 Å². The van der Waals surface area contributed by atoms with E-state index in [2.05, 4.69) is 31.0 Å². The molecule has 0 amide bonds. The Hall–Kier alpha value is -0.120. The van der Waals surface area contributed by atoms with E-state index < -0.39 is 0 Å². The highest BCUT2D eigenvalue weighted by Gasteiger charge is 2.16. The summed E-state index contributed by atoms with van der Waals surface area (Å²) in [6.07, 6.45) is 2.89. The second-order valence-electron chi connectivity index (χ2n) is 4.41. The van der Waals surface area contributed by atoms with Crippen molar-refractivity contribution in [1.29, 1.82) is 0 Å². The van der Waals surface area contributed by atoms with Crippen LogP contribution in [0.15, 0.2) is 0 Å². The van der Waals surface area contributed by atoms with Gasteiger partial charge in [-0.2, -0.15) is 0 Å². The molecule has 1 aliphatic heterocycles. The molecule has 0 spiro atoms. The van der Waals surface area contributed by atoms with E-state index >= 15 is 0 Å². The van der Waals surface area contributed by atoms with Crippen molar-refractivity contribution in [2.75, 3.05) is 32.8 Å². The third-order valence-electron chi connectivity index (χ3n) is 3.11. The minimum atomic E-state index is 0.369. The van der Waals surface area contributed by atoms with E-state index in [4.69, 9.17) is 4.74 Å². The maximum Gasteiger partial charge on any atom is 0.0673 e. The zero-order chi connectivity index (χ0) is 11.1. The summed E-state index contributed by atoms with van der Waals surface area (Å²) in [5.41, 5.74) is 0. The van der Waals surface area contributed by atoms with Crippen LogP contribution in [0.3, 0.4) is 0 Å². The average molecular weight is 214 g/mol. The Bertz CT molecular complexity index is 164. The summed E-state index contributed by atoms with van der Waals surface area (Å²) in [6, 6.07) is 0.720. The Kier molecular flexibility index (Phi) is 6.22. The summed E-state index contributed by atoms with van der Waals surface area (Å²) in [5, 5.41) is 3.58. The fraction of sp³-hybridized carbons (Fsp3) is 1.00. The van der Waals surface area contributed by atoms with Crippen LogP contribution in [-0.4, -0.2) is 49.8 Å². The topological polar surface area (TPSA) is 24.5 Å². The molecule has 0 aromatic rings. The molecule has 2 unspecified atom stereocenters. The molecular formula is C12H26N2O. The fourth-order valence-corrected chi connectivity index (χ4v) is 2.21. The van der Waals surface area contributed by atoms with Gasteiger partial charge in [-0.1, -0.05) is 6.92 Å². The van der Waals surface area contributed by atoms with Gasteiger partial charge in [0, 0.05) is 32.3 Å². The first-order valence-electron chi connectivity index (χ1n) is 6.33. The first-order chi connectivity index (χ1) is 7.26. The fourth-order valence-electron chi connectivity index (χ4n) is 2.21. The van der Waals surface area contributed by atoms with Crippen LogP contribution < -0.4 is 5.32 Å². The lowest BCUT2D eigenvalue weighted by Gasteiger charge is -2.23. The second kappa shape index (κ2) is 7.20. The van der Waals surface area contributed by atoms with E-state index in [0.717, 1.165) is 32.3 Å². The standard InChI is InChI=1S/C12H26N2O/c1-4-12-6-8-14(9-7-13-12)10-11(3)15-5-2/h11-13H,4-10H2,1-3H3. The van der Waals surface area contributed by atoms with Gasteiger partial charge in [-0.05, 0) is 33.2 Å². The van der Waals surface area contributed by atoms with Crippen molar-refractivity contribution < 1.29 is 4.74 Å². The number of hydrogen-bond donors (Lipinski definition) is 1. The highest BCUT2D eigenvalue weighted by atomic mass is 16.5. The summed E-state index contributed by atoms with van der Waals surface area (Å²) in [7, 11) is 0. The molecule has 0 radical (unpaired) electrons. The van der Waals surface area contributed by atoms with Crippen molar-refractivity contribution in [2.45, 2.75) is 45.8 Å². The maximum atomic E-state index is 5.58. The van der Waals surface area contributed by atoms with E-state index in [9.17, 15) is 0 Å². The van der Waals surface area contributed by atoms with Gasteiger partial charge in [0.15, 0.2) is 0 Å². The maximum absolute atomic E-state index is 5.58. The minimum Gasteiger partial charge on any atom is -0.377 e. The third-order valence-corrected chi connectivity index (χ3v) is 3.11.